The van der Waals surface area contributed by atoms with E-state index in [1.807, 2.05) is 0 Å². The van der Waals surface area contributed by atoms with Gasteiger partial charge in [-0.05, 0) is 6.08 Å². The molecule has 1 N–H and O–H groups in total. The van der Waals surface area contributed by atoms with Gasteiger partial charge in [-0.15, -0.1) is 0 Å². The van der Waals surface area contributed by atoms with E-state index in [2.05, 4.69) is 57.5 Å². The van der Waals surface area contributed by atoms with E-state index in [1.165, 1.54) is 5.70 Å². The minimum Gasteiger partial charge on any atom is -0.327 e. The fourth-order valence-electron chi connectivity index (χ4n) is 1.26. The Bertz CT molecular complexity index is 321. The Hall–Kier alpha value is -0.400. The molecule has 0 aliphatic carbocycles. The SMILES string of the molecule is COP1N=C(C(C)(C)C)C=C(C(C)(C)C)N1. The van der Waals surface area contributed by atoms with Crippen LogP contribution < -0.4 is 5.09 Å². The minimum absolute atomic E-state index is 0.0672. The molecule has 1 unspecified atom stereocenters. The highest BCUT2D eigenvalue weighted by atomic mass is 31.2. The number of hydrogen-bond donors (Lipinski definition) is 1. The molecule has 0 saturated carbocycles. The zero-order valence-corrected chi connectivity index (χ0v) is 12.3. The normalized spacial score (nSPS) is 22.3. The first-order chi connectivity index (χ1) is 7.14. The molecule has 0 aromatic rings. The van der Waals surface area contributed by atoms with Gasteiger partial charge >= 0.3 is 0 Å². The van der Waals surface area contributed by atoms with E-state index in [4.69, 9.17) is 4.52 Å². The minimum atomic E-state index is -0.907. The molecule has 0 aromatic carbocycles. The molecule has 0 radical (unpaired) electrons. The van der Waals surface area contributed by atoms with Crippen LogP contribution in [0.2, 0.25) is 0 Å². The summed E-state index contributed by atoms with van der Waals surface area (Å²) in [6, 6.07) is 0. The Morgan fingerprint density at radius 1 is 1.12 bits per heavy atom. The maximum Gasteiger partial charge on any atom is 0.265 e. The number of hydrogen-bond acceptors (Lipinski definition) is 3. The molecule has 1 aliphatic heterocycles. The van der Waals surface area contributed by atoms with Gasteiger partial charge in [0, 0.05) is 23.6 Å². The molecular formula is C12H23N2OP. The van der Waals surface area contributed by atoms with Gasteiger partial charge in [0.25, 0.3) is 8.45 Å². The fraction of sp³-hybridized carbons (Fsp3) is 0.750. The average molecular weight is 242 g/mol. The maximum absolute atomic E-state index is 5.37. The number of nitrogens with one attached hydrogen (secondary N) is 1. The smallest absolute Gasteiger partial charge is 0.265 e. The van der Waals surface area contributed by atoms with Gasteiger partial charge in [-0.3, -0.25) is 0 Å². The maximum atomic E-state index is 5.37. The molecule has 3 nitrogen and oxygen atoms in total. The van der Waals surface area contributed by atoms with Gasteiger partial charge in [0.1, 0.15) is 0 Å². The third-order valence-corrected chi connectivity index (χ3v) is 3.62. The van der Waals surface area contributed by atoms with Crippen molar-refractivity contribution in [3.63, 3.8) is 0 Å². The van der Waals surface area contributed by atoms with E-state index in [9.17, 15) is 0 Å². The van der Waals surface area contributed by atoms with Crippen LogP contribution in [0.3, 0.4) is 0 Å². The summed E-state index contributed by atoms with van der Waals surface area (Å²) in [5, 5.41) is 3.36. The summed E-state index contributed by atoms with van der Waals surface area (Å²) in [6.45, 7) is 13.1. The van der Waals surface area contributed by atoms with Crippen molar-refractivity contribution in [2.75, 3.05) is 7.11 Å². The highest BCUT2D eigenvalue weighted by molar-refractivity contribution is 7.49. The molecule has 1 aliphatic rings. The van der Waals surface area contributed by atoms with Crippen molar-refractivity contribution in [2.45, 2.75) is 41.5 Å². The summed E-state index contributed by atoms with van der Waals surface area (Å²) in [6.07, 6.45) is 2.16. The predicted octanol–water partition coefficient (Wildman–Crippen LogP) is 3.88. The first-order valence-electron chi connectivity index (χ1n) is 5.57. The van der Waals surface area contributed by atoms with Crippen LogP contribution >= 0.6 is 8.45 Å². The molecule has 0 amide bonds. The molecule has 4 heteroatoms. The molecule has 0 aromatic heterocycles. The molecule has 1 atom stereocenters. The van der Waals surface area contributed by atoms with Crippen LogP contribution in [0.15, 0.2) is 16.5 Å². The van der Waals surface area contributed by atoms with Crippen molar-refractivity contribution in [1.82, 2.24) is 5.09 Å². The van der Waals surface area contributed by atoms with Gasteiger partial charge in [0.15, 0.2) is 0 Å². The second-order valence-corrected chi connectivity index (χ2v) is 7.45. The zero-order valence-electron chi connectivity index (χ0n) is 11.4. The van der Waals surface area contributed by atoms with E-state index in [0.29, 0.717) is 0 Å². The standard InChI is InChI=1S/C12H23N2OP/c1-11(2,3)9-8-10(12(4,5)6)14-16(13-9)15-7/h8,13H,1-7H3. The van der Waals surface area contributed by atoms with Gasteiger partial charge < -0.3 is 9.61 Å². The van der Waals surface area contributed by atoms with E-state index in [0.717, 1.165) is 5.71 Å². The summed E-state index contributed by atoms with van der Waals surface area (Å²) >= 11 is 0. The lowest BCUT2D eigenvalue weighted by molar-refractivity contribution is 0.436. The van der Waals surface area contributed by atoms with E-state index in [-0.39, 0.29) is 10.8 Å². The predicted molar refractivity (Wildman–Crippen MR) is 71.5 cm³/mol. The second-order valence-electron chi connectivity index (χ2n) is 6.11. The van der Waals surface area contributed by atoms with Crippen molar-refractivity contribution in [3.05, 3.63) is 11.8 Å². The quantitative estimate of drug-likeness (QED) is 0.708. The summed E-state index contributed by atoms with van der Waals surface area (Å²) in [7, 11) is 0.795. The first kappa shape index (κ1) is 13.7. The Kier molecular flexibility index (Phi) is 3.81. The van der Waals surface area contributed by atoms with E-state index < -0.39 is 8.45 Å². The largest absolute Gasteiger partial charge is 0.327 e. The van der Waals surface area contributed by atoms with E-state index >= 15 is 0 Å². The average Bonchev–Trinajstić information content (AvgIpc) is 2.14. The molecule has 1 rings (SSSR count). The molecule has 0 fully saturated rings. The molecule has 0 spiro atoms. The Balaban J connectivity index is 3.08. The zero-order chi connectivity index (χ0) is 12.6. The molecule has 92 valence electrons. The number of rotatable bonds is 1. The summed E-state index contributed by atoms with van der Waals surface area (Å²) in [5.74, 6) is 0. The van der Waals surface area contributed by atoms with Crippen molar-refractivity contribution in [3.8, 4) is 0 Å². The van der Waals surface area contributed by atoms with E-state index in [1.54, 1.807) is 7.11 Å². The Morgan fingerprint density at radius 3 is 2.06 bits per heavy atom. The van der Waals surface area contributed by atoms with Crippen LogP contribution in [-0.2, 0) is 4.52 Å². The van der Waals surface area contributed by atoms with Gasteiger partial charge in [0.05, 0.1) is 5.71 Å². The van der Waals surface area contributed by atoms with Crippen molar-refractivity contribution >= 4 is 14.2 Å². The Morgan fingerprint density at radius 2 is 1.69 bits per heavy atom. The highest BCUT2D eigenvalue weighted by Gasteiger charge is 2.29. The second kappa shape index (κ2) is 4.46. The van der Waals surface area contributed by atoms with Crippen molar-refractivity contribution in [2.24, 2.45) is 15.6 Å². The lowest BCUT2D eigenvalue weighted by Gasteiger charge is -2.32. The number of allylic oxidation sites excluding steroid dienone is 2. The molecule has 16 heavy (non-hydrogen) atoms. The Labute approximate surface area is 100 Å². The molecular weight excluding hydrogens is 219 g/mol. The van der Waals surface area contributed by atoms with Crippen LogP contribution in [0.4, 0.5) is 0 Å². The lowest BCUT2D eigenvalue weighted by Crippen LogP contribution is -2.29. The van der Waals surface area contributed by atoms with Gasteiger partial charge in [-0.25, -0.2) is 4.76 Å². The van der Waals surface area contributed by atoms with Gasteiger partial charge in [0.2, 0.25) is 0 Å². The molecule has 1 heterocycles. The van der Waals surface area contributed by atoms with Crippen molar-refractivity contribution in [1.29, 1.82) is 0 Å². The summed E-state index contributed by atoms with van der Waals surface area (Å²) < 4.78 is 9.97. The highest BCUT2D eigenvalue weighted by Crippen LogP contribution is 2.43. The van der Waals surface area contributed by atoms with Crippen molar-refractivity contribution < 1.29 is 4.52 Å². The first-order valence-corrected chi connectivity index (χ1v) is 6.78. The third-order valence-electron chi connectivity index (χ3n) is 2.45. The van der Waals surface area contributed by atoms with Crippen LogP contribution in [0.5, 0.6) is 0 Å². The lowest BCUT2D eigenvalue weighted by atomic mass is 9.85. The fourth-order valence-corrected chi connectivity index (χ4v) is 2.64. The van der Waals surface area contributed by atoms with Crippen LogP contribution in [0.1, 0.15) is 41.5 Å². The summed E-state index contributed by atoms with van der Waals surface area (Å²) in [4.78, 5) is 0. The topological polar surface area (TPSA) is 33.6 Å². The van der Waals surface area contributed by atoms with Crippen LogP contribution in [0.25, 0.3) is 0 Å². The molecule has 0 saturated heterocycles. The van der Waals surface area contributed by atoms with Crippen LogP contribution in [-0.4, -0.2) is 12.8 Å². The molecule has 0 bridgehead atoms. The third kappa shape index (κ3) is 3.29. The summed E-state index contributed by atoms with van der Waals surface area (Å²) in [5.41, 5.74) is 2.49. The monoisotopic (exact) mass is 242 g/mol. The number of nitrogens with zero attached hydrogens (tertiary/aromatic N) is 1. The van der Waals surface area contributed by atoms with Gasteiger partial charge in [-0.1, -0.05) is 41.5 Å². The van der Waals surface area contributed by atoms with Gasteiger partial charge in [-0.2, -0.15) is 0 Å². The van der Waals surface area contributed by atoms with Crippen LogP contribution in [0, 0.1) is 10.8 Å².